The highest BCUT2D eigenvalue weighted by Gasteiger charge is 2.31. The zero-order valence-electron chi connectivity index (χ0n) is 21.2. The third-order valence-electron chi connectivity index (χ3n) is 5.69. The summed E-state index contributed by atoms with van der Waals surface area (Å²) in [6.07, 6.45) is 0. The molecule has 0 aliphatic carbocycles. The van der Waals surface area contributed by atoms with Crippen molar-refractivity contribution < 1.29 is 18.0 Å². The third-order valence-corrected chi connectivity index (χ3v) is 7.99. The van der Waals surface area contributed by atoms with Crippen LogP contribution in [-0.2, 0) is 26.2 Å². The maximum atomic E-state index is 13.5. The lowest BCUT2D eigenvalue weighted by Crippen LogP contribution is -2.54. The number of carbonyl (C=O) groups excluding carboxylic acids is 2. The van der Waals surface area contributed by atoms with Gasteiger partial charge in [0.15, 0.2) is 0 Å². The fourth-order valence-corrected chi connectivity index (χ4v) is 5.37. The summed E-state index contributed by atoms with van der Waals surface area (Å²) in [5.74, 6) is -0.788. The maximum absolute atomic E-state index is 13.5. The number of nitrogens with one attached hydrogen (secondary N) is 1. The van der Waals surface area contributed by atoms with Crippen molar-refractivity contribution in [2.75, 3.05) is 13.6 Å². The number of benzene rings is 3. The molecule has 0 aliphatic heterocycles. The molecule has 0 heterocycles. The molecule has 0 radical (unpaired) electrons. The van der Waals surface area contributed by atoms with E-state index < -0.39 is 34.1 Å². The van der Waals surface area contributed by atoms with Gasteiger partial charge in [-0.1, -0.05) is 58.4 Å². The first-order chi connectivity index (χ1) is 16.8. The summed E-state index contributed by atoms with van der Waals surface area (Å²) < 4.78 is 28.5. The Labute approximate surface area is 221 Å². The van der Waals surface area contributed by atoms with Crippen LogP contribution in [0.15, 0.2) is 76.1 Å². The Hall–Kier alpha value is -2.75. The molecule has 7 nitrogen and oxygen atoms in total. The molecular formula is C27H32BrN3O4S. The van der Waals surface area contributed by atoms with Crippen LogP contribution < -0.4 is 5.32 Å². The Morgan fingerprint density at radius 2 is 1.64 bits per heavy atom. The predicted molar refractivity (Wildman–Crippen MR) is 146 cm³/mol. The van der Waals surface area contributed by atoms with E-state index in [1.54, 1.807) is 19.1 Å². The van der Waals surface area contributed by atoms with Crippen LogP contribution in [0.4, 0.5) is 0 Å². The minimum absolute atomic E-state index is 0.105. The standard InChI is InChI=1S/C27H32BrN3O4S/c1-19(26(33)29-27(2,3)4)31(17-20-9-8-12-23(28)15-20)25(32)18-30(5)36(34,35)24-14-13-21-10-6-7-11-22(21)16-24/h6-16,19H,17-18H2,1-5H3,(H,29,33). The highest BCUT2D eigenvalue weighted by molar-refractivity contribution is 9.10. The second-order valence-corrected chi connectivity index (χ2v) is 12.8. The van der Waals surface area contributed by atoms with Crippen LogP contribution in [-0.4, -0.2) is 54.6 Å². The van der Waals surface area contributed by atoms with Crippen LogP contribution in [0.5, 0.6) is 0 Å². The van der Waals surface area contributed by atoms with Crippen LogP contribution in [0.1, 0.15) is 33.3 Å². The lowest BCUT2D eigenvalue weighted by molar-refractivity contribution is -0.141. The third kappa shape index (κ3) is 6.93. The zero-order chi connectivity index (χ0) is 26.7. The van der Waals surface area contributed by atoms with E-state index in [9.17, 15) is 18.0 Å². The van der Waals surface area contributed by atoms with Crippen LogP contribution in [0.2, 0.25) is 0 Å². The topological polar surface area (TPSA) is 86.8 Å². The summed E-state index contributed by atoms with van der Waals surface area (Å²) in [6.45, 7) is 6.98. The molecule has 0 aromatic heterocycles. The van der Waals surface area contributed by atoms with Gasteiger partial charge in [0.1, 0.15) is 6.04 Å². The van der Waals surface area contributed by atoms with E-state index in [2.05, 4.69) is 21.2 Å². The van der Waals surface area contributed by atoms with E-state index >= 15 is 0 Å². The zero-order valence-corrected chi connectivity index (χ0v) is 23.6. The summed E-state index contributed by atoms with van der Waals surface area (Å²) in [4.78, 5) is 27.9. The first-order valence-corrected chi connectivity index (χ1v) is 13.8. The molecule has 0 aliphatic rings. The van der Waals surface area contributed by atoms with Gasteiger partial charge in [0.25, 0.3) is 0 Å². The Kier molecular flexibility index (Phi) is 8.59. The van der Waals surface area contributed by atoms with Crippen molar-refractivity contribution in [1.29, 1.82) is 0 Å². The fraction of sp³-hybridized carbons (Fsp3) is 0.333. The molecule has 1 unspecified atom stereocenters. The number of sulfonamides is 1. The molecule has 3 aromatic rings. The molecule has 9 heteroatoms. The van der Waals surface area contributed by atoms with Crippen molar-refractivity contribution in [1.82, 2.24) is 14.5 Å². The summed E-state index contributed by atoms with van der Waals surface area (Å²) in [5, 5.41) is 4.62. The number of halogens is 1. The van der Waals surface area contributed by atoms with Gasteiger partial charge in [0.05, 0.1) is 11.4 Å². The second-order valence-electron chi connectivity index (χ2n) is 9.84. The minimum Gasteiger partial charge on any atom is -0.350 e. The fourth-order valence-electron chi connectivity index (χ4n) is 3.76. The second kappa shape index (κ2) is 11.1. The Morgan fingerprint density at radius 3 is 2.28 bits per heavy atom. The van der Waals surface area contributed by atoms with Crippen molar-refractivity contribution in [2.24, 2.45) is 0 Å². The minimum atomic E-state index is -3.94. The molecule has 0 saturated heterocycles. The van der Waals surface area contributed by atoms with E-state index in [1.807, 2.05) is 69.3 Å². The van der Waals surface area contributed by atoms with E-state index in [4.69, 9.17) is 0 Å². The number of nitrogens with zero attached hydrogens (tertiary/aromatic N) is 2. The van der Waals surface area contributed by atoms with Gasteiger partial charge in [-0.25, -0.2) is 8.42 Å². The lowest BCUT2D eigenvalue weighted by atomic mass is 10.1. The number of rotatable bonds is 8. The SMILES string of the molecule is CC(C(=O)NC(C)(C)C)N(Cc1cccc(Br)c1)C(=O)CN(C)S(=O)(=O)c1ccc2ccccc2c1. The predicted octanol–water partition coefficient (Wildman–Crippen LogP) is 4.55. The molecule has 3 aromatic carbocycles. The first kappa shape index (κ1) is 27.8. The molecular weight excluding hydrogens is 542 g/mol. The molecule has 3 rings (SSSR count). The van der Waals surface area contributed by atoms with Crippen molar-refractivity contribution >= 4 is 48.5 Å². The number of amides is 2. The van der Waals surface area contributed by atoms with Crippen molar-refractivity contribution in [2.45, 2.75) is 50.7 Å². The molecule has 1 atom stereocenters. The average molecular weight is 575 g/mol. The number of hydrogen-bond acceptors (Lipinski definition) is 4. The van der Waals surface area contributed by atoms with Crippen LogP contribution >= 0.6 is 15.9 Å². The Bertz CT molecular complexity index is 1370. The van der Waals surface area contributed by atoms with Crippen molar-refractivity contribution in [3.63, 3.8) is 0 Å². The van der Waals surface area contributed by atoms with Gasteiger partial charge in [-0.05, 0) is 68.3 Å². The van der Waals surface area contributed by atoms with Gasteiger partial charge in [-0.3, -0.25) is 9.59 Å². The largest absolute Gasteiger partial charge is 0.350 e. The van der Waals surface area contributed by atoms with Gasteiger partial charge in [-0.2, -0.15) is 4.31 Å². The summed E-state index contributed by atoms with van der Waals surface area (Å²) in [7, 11) is -2.56. The highest BCUT2D eigenvalue weighted by Crippen LogP contribution is 2.22. The number of likely N-dealkylation sites (N-methyl/N-ethyl adjacent to an activating group) is 1. The van der Waals surface area contributed by atoms with Gasteiger partial charge < -0.3 is 10.2 Å². The Morgan fingerprint density at radius 1 is 0.972 bits per heavy atom. The van der Waals surface area contributed by atoms with Crippen molar-refractivity contribution in [3.05, 3.63) is 76.8 Å². The summed E-state index contributed by atoms with van der Waals surface area (Å²) in [6, 6.07) is 19.0. The van der Waals surface area contributed by atoms with Gasteiger partial charge in [0, 0.05) is 23.6 Å². The highest BCUT2D eigenvalue weighted by atomic mass is 79.9. The van der Waals surface area contributed by atoms with Crippen molar-refractivity contribution in [3.8, 4) is 0 Å². The maximum Gasteiger partial charge on any atom is 0.243 e. The number of carbonyl (C=O) groups is 2. The van der Waals surface area contributed by atoms with Gasteiger partial charge in [-0.15, -0.1) is 0 Å². The quantitative estimate of drug-likeness (QED) is 0.428. The summed E-state index contributed by atoms with van der Waals surface area (Å²) >= 11 is 3.43. The molecule has 0 bridgehead atoms. The normalized spacial score (nSPS) is 13.0. The monoisotopic (exact) mass is 573 g/mol. The lowest BCUT2D eigenvalue weighted by Gasteiger charge is -2.32. The van der Waals surface area contributed by atoms with E-state index in [0.717, 1.165) is 25.1 Å². The summed E-state index contributed by atoms with van der Waals surface area (Å²) in [5.41, 5.74) is 0.333. The van der Waals surface area contributed by atoms with Crippen LogP contribution in [0.3, 0.4) is 0 Å². The Balaban J connectivity index is 1.86. The van der Waals surface area contributed by atoms with Gasteiger partial charge >= 0.3 is 0 Å². The first-order valence-electron chi connectivity index (χ1n) is 11.6. The molecule has 0 spiro atoms. The van der Waals surface area contributed by atoms with Crippen LogP contribution in [0, 0.1) is 0 Å². The average Bonchev–Trinajstić information content (AvgIpc) is 2.80. The molecule has 0 saturated carbocycles. The number of hydrogen-bond donors (Lipinski definition) is 1. The number of fused-ring (bicyclic) bond motifs is 1. The molecule has 1 N–H and O–H groups in total. The molecule has 0 fully saturated rings. The van der Waals surface area contributed by atoms with E-state index in [-0.39, 0.29) is 17.3 Å². The molecule has 36 heavy (non-hydrogen) atoms. The van der Waals surface area contributed by atoms with E-state index in [1.165, 1.54) is 18.0 Å². The van der Waals surface area contributed by atoms with Gasteiger partial charge in [0.2, 0.25) is 21.8 Å². The smallest absolute Gasteiger partial charge is 0.243 e. The molecule has 2 amide bonds. The van der Waals surface area contributed by atoms with E-state index in [0.29, 0.717) is 0 Å². The van der Waals surface area contributed by atoms with Crippen LogP contribution in [0.25, 0.3) is 10.8 Å². The molecule has 192 valence electrons.